The van der Waals surface area contributed by atoms with Crippen LogP contribution in [0, 0.1) is 0 Å². The molecule has 0 bridgehead atoms. The topological polar surface area (TPSA) is 142 Å². The lowest BCUT2D eigenvalue weighted by Gasteiger charge is -2.40. The van der Waals surface area contributed by atoms with Gasteiger partial charge in [0.1, 0.15) is 18.4 Å². The van der Waals surface area contributed by atoms with Crippen molar-refractivity contribution in [3.05, 3.63) is 101 Å². The Bertz CT molecular complexity index is 1530. The van der Waals surface area contributed by atoms with Crippen molar-refractivity contribution >= 4 is 23.7 Å². The molecule has 3 heterocycles. The standard InChI is InChI=1S/C29H29N7O3/c1-38-25-13-18(11-20-16-34-29(31)35-28(20)30)12-23(27(25)39-2)24(8-10-37)36-9-7-19-5-3-4-6-22(19)26(36)21-14-32-17-33-15-21/h3-6,8,10,12-17,26H,7,9,11H2,1-2H3,(H4,30,31,34,35). The number of nitrogens with two attached hydrogens (primary N) is 2. The van der Waals surface area contributed by atoms with Crippen molar-refractivity contribution in [2.75, 3.05) is 32.2 Å². The summed E-state index contributed by atoms with van der Waals surface area (Å²) in [6.45, 7) is 0.657. The minimum atomic E-state index is -0.220. The van der Waals surface area contributed by atoms with Crippen molar-refractivity contribution in [2.45, 2.75) is 18.9 Å². The van der Waals surface area contributed by atoms with E-state index in [1.165, 1.54) is 11.9 Å². The number of carbonyl (C=O) groups excluding carboxylic acids is 1. The predicted octanol–water partition coefficient (Wildman–Crippen LogP) is 3.23. The molecule has 1 aliphatic heterocycles. The van der Waals surface area contributed by atoms with Gasteiger partial charge in [0.2, 0.25) is 5.95 Å². The van der Waals surface area contributed by atoms with Gasteiger partial charge in [-0.05, 0) is 35.2 Å². The molecule has 1 aliphatic rings. The first-order chi connectivity index (χ1) is 19.0. The molecule has 0 spiro atoms. The SMILES string of the molecule is COc1cc(Cc2cnc(N)nc2N)cc(C(=CC=O)N2CCc3ccccc3C2c2cncnc2)c1OC. The summed E-state index contributed by atoms with van der Waals surface area (Å²) in [5.41, 5.74) is 18.1. The predicted molar refractivity (Wildman–Crippen MR) is 148 cm³/mol. The van der Waals surface area contributed by atoms with Gasteiger partial charge >= 0.3 is 0 Å². The van der Waals surface area contributed by atoms with Crippen molar-refractivity contribution in [2.24, 2.45) is 0 Å². The summed E-state index contributed by atoms with van der Waals surface area (Å²) in [6, 6.07) is 11.9. The third-order valence-corrected chi connectivity index (χ3v) is 6.84. The number of hydrogen-bond donors (Lipinski definition) is 2. The first-order valence-electron chi connectivity index (χ1n) is 12.4. The van der Waals surface area contributed by atoms with Crippen LogP contribution in [0.4, 0.5) is 11.8 Å². The maximum atomic E-state index is 12.1. The molecule has 4 aromatic rings. The van der Waals surface area contributed by atoms with Gasteiger partial charge < -0.3 is 25.8 Å². The van der Waals surface area contributed by atoms with E-state index in [9.17, 15) is 4.79 Å². The molecule has 0 fully saturated rings. The molecule has 10 nitrogen and oxygen atoms in total. The molecule has 10 heteroatoms. The van der Waals surface area contributed by atoms with Gasteiger partial charge in [0.15, 0.2) is 11.5 Å². The molecule has 2 aromatic heterocycles. The number of benzene rings is 2. The van der Waals surface area contributed by atoms with Gasteiger partial charge in [-0.25, -0.2) is 15.0 Å². The van der Waals surface area contributed by atoms with E-state index >= 15 is 0 Å². The molecule has 0 radical (unpaired) electrons. The maximum Gasteiger partial charge on any atom is 0.221 e. The van der Waals surface area contributed by atoms with Gasteiger partial charge in [0, 0.05) is 54.3 Å². The van der Waals surface area contributed by atoms with E-state index in [1.807, 2.05) is 36.7 Å². The van der Waals surface area contributed by atoms with Gasteiger partial charge in [-0.15, -0.1) is 0 Å². The Morgan fingerprint density at radius 2 is 1.90 bits per heavy atom. The van der Waals surface area contributed by atoms with Crippen LogP contribution >= 0.6 is 0 Å². The zero-order valence-electron chi connectivity index (χ0n) is 21.7. The van der Waals surface area contributed by atoms with E-state index in [0.717, 1.165) is 35.0 Å². The number of nitrogens with zero attached hydrogens (tertiary/aromatic N) is 5. The van der Waals surface area contributed by atoms with Gasteiger partial charge in [-0.1, -0.05) is 24.3 Å². The second-order valence-electron chi connectivity index (χ2n) is 9.10. The van der Waals surface area contributed by atoms with Gasteiger partial charge in [-0.3, -0.25) is 4.79 Å². The highest BCUT2D eigenvalue weighted by atomic mass is 16.5. The number of hydrogen-bond acceptors (Lipinski definition) is 10. The fourth-order valence-electron chi connectivity index (χ4n) is 5.15. The number of aldehydes is 1. The fourth-order valence-corrected chi connectivity index (χ4v) is 5.15. The normalized spacial score (nSPS) is 15.0. The molecule has 39 heavy (non-hydrogen) atoms. The first kappa shape index (κ1) is 25.7. The second kappa shape index (κ2) is 11.2. The van der Waals surface area contributed by atoms with Crippen molar-refractivity contribution in [3.63, 3.8) is 0 Å². The molecule has 0 amide bonds. The van der Waals surface area contributed by atoms with E-state index in [-0.39, 0.29) is 12.0 Å². The largest absolute Gasteiger partial charge is 0.493 e. The summed E-state index contributed by atoms with van der Waals surface area (Å²) < 4.78 is 11.6. The van der Waals surface area contributed by atoms with Crippen LogP contribution in [0.5, 0.6) is 11.5 Å². The minimum absolute atomic E-state index is 0.113. The number of anilines is 2. The number of nitrogen functional groups attached to an aromatic ring is 2. The summed E-state index contributed by atoms with van der Waals surface area (Å²) in [5, 5.41) is 0. The monoisotopic (exact) mass is 523 g/mol. The lowest BCUT2D eigenvalue weighted by molar-refractivity contribution is -0.104. The molecular formula is C29H29N7O3. The molecule has 1 unspecified atom stereocenters. The van der Waals surface area contributed by atoms with E-state index in [2.05, 4.69) is 37.0 Å². The van der Waals surface area contributed by atoms with Crippen LogP contribution in [-0.4, -0.2) is 51.9 Å². The fraction of sp³-hybridized carbons (Fsp3) is 0.207. The Balaban J connectivity index is 1.66. The van der Waals surface area contributed by atoms with Crippen molar-refractivity contribution < 1.29 is 14.3 Å². The third kappa shape index (κ3) is 5.08. The number of ether oxygens (including phenoxy) is 2. The average molecular weight is 524 g/mol. The zero-order chi connectivity index (χ0) is 27.4. The van der Waals surface area contributed by atoms with Crippen LogP contribution in [0.2, 0.25) is 0 Å². The zero-order valence-corrected chi connectivity index (χ0v) is 21.7. The van der Waals surface area contributed by atoms with Gasteiger partial charge in [0.05, 0.1) is 26.0 Å². The second-order valence-corrected chi connectivity index (χ2v) is 9.10. The average Bonchev–Trinajstić information content (AvgIpc) is 2.96. The Morgan fingerprint density at radius 1 is 1.10 bits per heavy atom. The molecule has 2 aromatic carbocycles. The number of fused-ring (bicyclic) bond motifs is 1. The highest BCUT2D eigenvalue weighted by Crippen LogP contribution is 2.44. The summed E-state index contributed by atoms with van der Waals surface area (Å²) in [4.78, 5) is 31.0. The Morgan fingerprint density at radius 3 is 2.62 bits per heavy atom. The van der Waals surface area contributed by atoms with E-state index in [4.69, 9.17) is 20.9 Å². The van der Waals surface area contributed by atoms with Crippen LogP contribution in [0.25, 0.3) is 5.70 Å². The molecule has 4 N–H and O–H groups in total. The van der Waals surface area contributed by atoms with Crippen molar-refractivity contribution in [1.29, 1.82) is 0 Å². The summed E-state index contributed by atoms with van der Waals surface area (Å²) >= 11 is 0. The molecule has 1 atom stereocenters. The van der Waals surface area contributed by atoms with E-state index < -0.39 is 0 Å². The summed E-state index contributed by atoms with van der Waals surface area (Å²) in [7, 11) is 3.16. The molecule has 0 saturated heterocycles. The maximum absolute atomic E-state index is 12.1. The first-order valence-corrected chi connectivity index (χ1v) is 12.4. The molecule has 0 saturated carbocycles. The van der Waals surface area contributed by atoms with Crippen LogP contribution in [0.15, 0.2) is 67.4 Å². The number of allylic oxidation sites excluding steroid dienone is 1. The van der Waals surface area contributed by atoms with Crippen LogP contribution in [0.1, 0.15) is 39.4 Å². The molecular weight excluding hydrogens is 494 g/mol. The highest BCUT2D eigenvalue weighted by molar-refractivity contribution is 5.84. The summed E-state index contributed by atoms with van der Waals surface area (Å²) in [6.07, 6.45) is 10.3. The van der Waals surface area contributed by atoms with Gasteiger partial charge in [-0.2, -0.15) is 4.98 Å². The van der Waals surface area contributed by atoms with Crippen LogP contribution < -0.4 is 20.9 Å². The minimum Gasteiger partial charge on any atom is -0.493 e. The van der Waals surface area contributed by atoms with Crippen LogP contribution in [0.3, 0.4) is 0 Å². The van der Waals surface area contributed by atoms with Crippen LogP contribution in [-0.2, 0) is 17.6 Å². The number of methoxy groups -OCH3 is 2. The van der Waals surface area contributed by atoms with E-state index in [0.29, 0.717) is 41.5 Å². The number of aromatic nitrogens is 4. The van der Waals surface area contributed by atoms with Crippen molar-refractivity contribution in [1.82, 2.24) is 24.8 Å². The molecule has 0 aliphatic carbocycles. The molecule has 5 rings (SSSR count). The van der Waals surface area contributed by atoms with Gasteiger partial charge in [0.25, 0.3) is 0 Å². The number of rotatable bonds is 8. The smallest absolute Gasteiger partial charge is 0.221 e. The Hall–Kier alpha value is -4.99. The summed E-state index contributed by atoms with van der Waals surface area (Å²) in [5.74, 6) is 1.45. The highest BCUT2D eigenvalue weighted by Gasteiger charge is 2.32. The third-order valence-electron chi connectivity index (χ3n) is 6.84. The number of carbonyl (C=O) groups is 1. The van der Waals surface area contributed by atoms with E-state index in [1.54, 1.807) is 26.5 Å². The Labute approximate surface area is 226 Å². The quantitative estimate of drug-likeness (QED) is 0.261. The molecule has 198 valence electrons. The lowest BCUT2D eigenvalue weighted by atomic mass is 9.87. The lowest BCUT2D eigenvalue weighted by Crippen LogP contribution is -2.35. The Kier molecular flexibility index (Phi) is 7.35. The van der Waals surface area contributed by atoms with Crippen molar-refractivity contribution in [3.8, 4) is 11.5 Å².